The van der Waals surface area contributed by atoms with E-state index in [1.54, 1.807) is 7.11 Å². The Morgan fingerprint density at radius 3 is 2.34 bits per heavy atom. The molecule has 1 heterocycles. The third kappa shape index (κ3) is 4.34. The van der Waals surface area contributed by atoms with E-state index in [9.17, 15) is 5.11 Å². The number of para-hydroxylation sites is 1. The zero-order chi connectivity index (χ0) is 20.1. The average molecular weight is 386 g/mol. The zero-order valence-corrected chi connectivity index (χ0v) is 16.5. The van der Waals surface area contributed by atoms with E-state index in [2.05, 4.69) is 46.8 Å². The molecule has 4 nitrogen and oxygen atoms in total. The van der Waals surface area contributed by atoms with Gasteiger partial charge in [0.1, 0.15) is 5.75 Å². The van der Waals surface area contributed by atoms with Crippen LogP contribution < -0.4 is 10.1 Å². The molecule has 3 N–H and O–H groups in total. The molecule has 2 unspecified atom stereocenters. The van der Waals surface area contributed by atoms with Crippen LogP contribution in [0.3, 0.4) is 0 Å². The average Bonchev–Trinajstić information content (AvgIpc) is 3.21. The standard InChI is InChI=1S/C25H26N2O2/c1-29-20-13-11-18(12-14-20)22(23-16-27-24-10-6-5-9-21(23)24)15-26-17-25(28)19-7-3-2-4-8-19/h2-14,16,22,25-28H,15,17H2,1H3. The van der Waals surface area contributed by atoms with E-state index in [1.165, 1.54) is 16.5 Å². The van der Waals surface area contributed by atoms with E-state index in [-0.39, 0.29) is 5.92 Å². The largest absolute Gasteiger partial charge is 0.497 e. The molecule has 1 aromatic heterocycles. The number of aliphatic hydroxyl groups is 1. The monoisotopic (exact) mass is 386 g/mol. The molecule has 0 saturated heterocycles. The highest BCUT2D eigenvalue weighted by Crippen LogP contribution is 2.31. The number of fused-ring (bicyclic) bond motifs is 1. The number of nitrogens with one attached hydrogen (secondary N) is 2. The fourth-order valence-corrected chi connectivity index (χ4v) is 3.78. The van der Waals surface area contributed by atoms with Crippen LogP contribution in [0.4, 0.5) is 0 Å². The number of hydrogen-bond donors (Lipinski definition) is 3. The van der Waals surface area contributed by atoms with Crippen molar-refractivity contribution in [2.45, 2.75) is 12.0 Å². The lowest BCUT2D eigenvalue weighted by Gasteiger charge is -2.20. The van der Waals surface area contributed by atoms with Gasteiger partial charge in [-0.15, -0.1) is 0 Å². The Labute approximate surface area is 171 Å². The molecule has 4 aromatic rings. The van der Waals surface area contributed by atoms with Crippen LogP contribution in [-0.4, -0.2) is 30.3 Å². The van der Waals surface area contributed by atoms with Crippen molar-refractivity contribution in [3.63, 3.8) is 0 Å². The van der Waals surface area contributed by atoms with Crippen LogP contribution in [0.2, 0.25) is 0 Å². The normalized spacial score (nSPS) is 13.3. The molecule has 0 radical (unpaired) electrons. The van der Waals surface area contributed by atoms with Gasteiger partial charge in [0.2, 0.25) is 0 Å². The van der Waals surface area contributed by atoms with Crippen LogP contribution in [0.15, 0.2) is 85.1 Å². The van der Waals surface area contributed by atoms with Gasteiger partial charge >= 0.3 is 0 Å². The van der Waals surface area contributed by atoms with Gasteiger partial charge < -0.3 is 20.1 Å². The van der Waals surface area contributed by atoms with E-state index in [0.29, 0.717) is 6.54 Å². The van der Waals surface area contributed by atoms with E-state index in [4.69, 9.17) is 4.74 Å². The minimum atomic E-state index is -0.532. The van der Waals surface area contributed by atoms with Gasteiger partial charge in [-0.1, -0.05) is 60.7 Å². The molecular formula is C25H26N2O2. The summed E-state index contributed by atoms with van der Waals surface area (Å²) in [4.78, 5) is 3.38. The molecule has 4 heteroatoms. The van der Waals surface area contributed by atoms with Crippen LogP contribution in [0.25, 0.3) is 10.9 Å². The van der Waals surface area contributed by atoms with Gasteiger partial charge in [-0.25, -0.2) is 0 Å². The van der Waals surface area contributed by atoms with E-state index >= 15 is 0 Å². The summed E-state index contributed by atoms with van der Waals surface area (Å²) >= 11 is 0. The Hall–Kier alpha value is -3.08. The summed E-state index contributed by atoms with van der Waals surface area (Å²) < 4.78 is 5.32. The van der Waals surface area contributed by atoms with Crippen molar-refractivity contribution < 1.29 is 9.84 Å². The van der Waals surface area contributed by atoms with Crippen LogP contribution in [0.5, 0.6) is 5.75 Å². The number of methoxy groups -OCH3 is 1. The van der Waals surface area contributed by atoms with Crippen molar-refractivity contribution >= 4 is 10.9 Å². The number of ether oxygens (including phenoxy) is 1. The van der Waals surface area contributed by atoms with Crippen LogP contribution in [-0.2, 0) is 0 Å². The maximum absolute atomic E-state index is 10.5. The summed E-state index contributed by atoms with van der Waals surface area (Å²) in [5.41, 5.74) is 4.50. The third-order valence-corrected chi connectivity index (χ3v) is 5.39. The lowest BCUT2D eigenvalue weighted by Crippen LogP contribution is -2.27. The fraction of sp³-hybridized carbons (Fsp3) is 0.200. The second-order valence-corrected chi connectivity index (χ2v) is 7.20. The third-order valence-electron chi connectivity index (χ3n) is 5.39. The summed E-state index contributed by atoms with van der Waals surface area (Å²) in [7, 11) is 1.68. The van der Waals surface area contributed by atoms with Gasteiger partial charge in [0.05, 0.1) is 13.2 Å². The topological polar surface area (TPSA) is 57.3 Å². The number of aliphatic hydroxyl groups excluding tert-OH is 1. The van der Waals surface area contributed by atoms with E-state index < -0.39 is 6.10 Å². The second-order valence-electron chi connectivity index (χ2n) is 7.20. The lowest BCUT2D eigenvalue weighted by atomic mass is 9.90. The first-order valence-electron chi connectivity index (χ1n) is 9.90. The highest BCUT2D eigenvalue weighted by Gasteiger charge is 2.19. The van der Waals surface area contributed by atoms with Gasteiger partial charge in [0, 0.05) is 36.1 Å². The van der Waals surface area contributed by atoms with Gasteiger partial charge in [0.15, 0.2) is 0 Å². The summed E-state index contributed by atoms with van der Waals surface area (Å²) in [5.74, 6) is 0.999. The number of rotatable bonds is 8. The summed E-state index contributed by atoms with van der Waals surface area (Å²) in [6.07, 6.45) is 1.56. The van der Waals surface area contributed by atoms with Crippen LogP contribution in [0.1, 0.15) is 28.7 Å². The quantitative estimate of drug-likeness (QED) is 0.414. The van der Waals surface area contributed by atoms with Crippen molar-refractivity contribution in [2.75, 3.05) is 20.2 Å². The SMILES string of the molecule is COc1ccc(C(CNCC(O)c2ccccc2)c2c[nH]c3ccccc23)cc1. The Kier molecular flexibility index (Phi) is 5.94. The first-order chi connectivity index (χ1) is 14.3. The Balaban J connectivity index is 1.56. The van der Waals surface area contributed by atoms with E-state index in [1.807, 2.05) is 48.5 Å². The first kappa shape index (κ1) is 19.2. The Bertz CT molecular complexity index is 1040. The molecule has 2 atom stereocenters. The van der Waals surface area contributed by atoms with Crippen molar-refractivity contribution in [2.24, 2.45) is 0 Å². The molecule has 3 aromatic carbocycles. The first-order valence-corrected chi connectivity index (χ1v) is 9.90. The Morgan fingerprint density at radius 2 is 1.59 bits per heavy atom. The molecule has 0 aliphatic heterocycles. The summed E-state index contributed by atoms with van der Waals surface area (Å²) in [6, 6.07) is 26.3. The molecule has 0 bridgehead atoms. The second kappa shape index (κ2) is 8.95. The number of H-pyrrole nitrogens is 1. The zero-order valence-electron chi connectivity index (χ0n) is 16.5. The lowest BCUT2D eigenvalue weighted by molar-refractivity contribution is 0.174. The molecule has 0 fully saturated rings. The molecule has 148 valence electrons. The van der Waals surface area contributed by atoms with Gasteiger partial charge in [-0.3, -0.25) is 0 Å². The molecule has 0 aliphatic rings. The van der Waals surface area contributed by atoms with Crippen molar-refractivity contribution in [3.05, 3.63) is 102 Å². The minimum Gasteiger partial charge on any atom is -0.497 e. The number of hydrogen-bond acceptors (Lipinski definition) is 3. The number of benzene rings is 3. The van der Waals surface area contributed by atoms with Gasteiger partial charge in [-0.2, -0.15) is 0 Å². The molecule has 0 saturated carbocycles. The summed E-state index contributed by atoms with van der Waals surface area (Å²) in [6.45, 7) is 1.22. The van der Waals surface area contributed by atoms with Gasteiger partial charge in [0.25, 0.3) is 0 Å². The number of aromatic amines is 1. The van der Waals surface area contributed by atoms with E-state index in [0.717, 1.165) is 23.4 Å². The maximum Gasteiger partial charge on any atom is 0.118 e. The van der Waals surface area contributed by atoms with Crippen LogP contribution >= 0.6 is 0 Å². The van der Waals surface area contributed by atoms with Crippen molar-refractivity contribution in [3.8, 4) is 5.75 Å². The van der Waals surface area contributed by atoms with Crippen molar-refractivity contribution in [1.29, 1.82) is 0 Å². The smallest absolute Gasteiger partial charge is 0.118 e. The predicted octanol–water partition coefficient (Wildman–Crippen LogP) is 4.63. The summed E-state index contributed by atoms with van der Waals surface area (Å²) in [5, 5.41) is 15.2. The van der Waals surface area contributed by atoms with Gasteiger partial charge in [-0.05, 0) is 34.9 Å². The fourth-order valence-electron chi connectivity index (χ4n) is 3.78. The van der Waals surface area contributed by atoms with Crippen LogP contribution in [0, 0.1) is 0 Å². The molecule has 4 rings (SSSR count). The highest BCUT2D eigenvalue weighted by molar-refractivity contribution is 5.84. The molecule has 0 amide bonds. The molecule has 0 spiro atoms. The minimum absolute atomic E-state index is 0.153. The van der Waals surface area contributed by atoms with Crippen molar-refractivity contribution in [1.82, 2.24) is 10.3 Å². The predicted molar refractivity (Wildman–Crippen MR) is 117 cm³/mol. The maximum atomic E-state index is 10.5. The Morgan fingerprint density at radius 1 is 0.862 bits per heavy atom. The number of aromatic nitrogens is 1. The highest BCUT2D eigenvalue weighted by atomic mass is 16.5. The molecule has 0 aliphatic carbocycles. The molecule has 29 heavy (non-hydrogen) atoms. The molecular weight excluding hydrogens is 360 g/mol.